The van der Waals surface area contributed by atoms with Crippen LogP contribution in [0, 0.1) is 0 Å². The number of allylic oxidation sites excluding steroid dienone is 4. The Morgan fingerprint density at radius 3 is 2.23 bits per heavy atom. The number of thiophene rings is 3. The van der Waals surface area contributed by atoms with Gasteiger partial charge in [-0.3, -0.25) is 0 Å². The standard InChI is InChI=1S/C41H26N4S3/c1-4-12-25(13-5-1)39-42-40(26-14-6-2-7-15-26)44-41(43-39)35-23-34-37(48-35)38-36(47-34)31(24-46-38)27-20-21-33-30(22-27)29-18-10-11-19-32(29)45(33)28-16-8-3-9-17-28/h1-6,8-14,16-24H,7,15H2. The molecule has 0 saturated carbocycles. The number of nitrogens with zero attached hydrogens (tertiary/aromatic N) is 4. The van der Waals surface area contributed by atoms with Crippen molar-refractivity contribution in [2.45, 2.75) is 12.8 Å². The largest absolute Gasteiger partial charge is 0.309 e. The van der Waals surface area contributed by atoms with Crippen molar-refractivity contribution in [2.24, 2.45) is 0 Å². The Kier molecular flexibility index (Phi) is 6.50. The number of fused-ring (bicyclic) bond motifs is 6. The molecule has 1 aliphatic carbocycles. The summed E-state index contributed by atoms with van der Waals surface area (Å²) in [6.07, 6.45) is 8.38. The zero-order valence-electron chi connectivity index (χ0n) is 25.6. The lowest BCUT2D eigenvalue weighted by atomic mass is 10.0. The molecule has 0 aliphatic heterocycles. The van der Waals surface area contributed by atoms with Crippen molar-refractivity contribution in [2.75, 3.05) is 0 Å². The molecule has 228 valence electrons. The lowest BCUT2D eigenvalue weighted by Crippen LogP contribution is -2.03. The van der Waals surface area contributed by atoms with Crippen LogP contribution >= 0.6 is 34.0 Å². The number of hydrogen-bond acceptors (Lipinski definition) is 6. The maximum atomic E-state index is 5.03. The van der Waals surface area contributed by atoms with Crippen LogP contribution in [0.4, 0.5) is 0 Å². The lowest BCUT2D eigenvalue weighted by molar-refractivity contribution is 0.980. The summed E-state index contributed by atoms with van der Waals surface area (Å²) in [7, 11) is 0. The fraction of sp³-hybridized carbons (Fsp3) is 0.0488. The molecule has 7 heteroatoms. The molecular weight excluding hydrogens is 645 g/mol. The van der Waals surface area contributed by atoms with Crippen LogP contribution in [-0.4, -0.2) is 19.5 Å². The molecule has 0 unspecified atom stereocenters. The van der Waals surface area contributed by atoms with Gasteiger partial charge in [0.15, 0.2) is 17.5 Å². The van der Waals surface area contributed by atoms with E-state index in [1.54, 1.807) is 11.3 Å². The highest BCUT2D eigenvalue weighted by Gasteiger charge is 2.21. The normalized spacial score (nSPS) is 13.3. The second-order valence-corrected chi connectivity index (χ2v) is 14.9. The van der Waals surface area contributed by atoms with Gasteiger partial charge in [-0.1, -0.05) is 91.0 Å². The van der Waals surface area contributed by atoms with Gasteiger partial charge in [0.25, 0.3) is 0 Å². The first-order valence-electron chi connectivity index (χ1n) is 16.0. The van der Waals surface area contributed by atoms with Crippen molar-refractivity contribution in [1.29, 1.82) is 0 Å². The maximum Gasteiger partial charge on any atom is 0.174 e. The summed E-state index contributed by atoms with van der Waals surface area (Å²) in [4.78, 5) is 16.0. The van der Waals surface area contributed by atoms with Gasteiger partial charge in [0, 0.05) is 37.7 Å². The van der Waals surface area contributed by atoms with Crippen LogP contribution in [0.25, 0.3) is 85.1 Å². The highest BCUT2D eigenvalue weighted by atomic mass is 32.1. The van der Waals surface area contributed by atoms with Gasteiger partial charge < -0.3 is 4.57 Å². The van der Waals surface area contributed by atoms with E-state index in [1.807, 2.05) is 40.9 Å². The molecule has 48 heavy (non-hydrogen) atoms. The molecule has 1 aliphatic rings. The fourth-order valence-corrected chi connectivity index (χ4v) is 10.8. The molecular formula is C41H26N4S3. The molecule has 0 fully saturated rings. The van der Waals surface area contributed by atoms with Gasteiger partial charge in [0.05, 0.1) is 30.0 Å². The topological polar surface area (TPSA) is 43.6 Å². The highest BCUT2D eigenvalue weighted by molar-refractivity contribution is 7.39. The van der Waals surface area contributed by atoms with Crippen molar-refractivity contribution in [3.8, 4) is 38.9 Å². The third-order valence-electron chi connectivity index (χ3n) is 9.05. The highest BCUT2D eigenvalue weighted by Crippen LogP contribution is 2.49. The van der Waals surface area contributed by atoms with Crippen LogP contribution in [0.3, 0.4) is 0 Å². The van der Waals surface area contributed by atoms with E-state index in [0.29, 0.717) is 0 Å². The smallest absolute Gasteiger partial charge is 0.174 e. The zero-order valence-corrected chi connectivity index (χ0v) is 28.1. The number of aromatic nitrogens is 4. The Balaban J connectivity index is 1.08. The minimum Gasteiger partial charge on any atom is -0.309 e. The van der Waals surface area contributed by atoms with E-state index in [9.17, 15) is 0 Å². The summed E-state index contributed by atoms with van der Waals surface area (Å²) in [6, 6.07) is 38.8. The van der Waals surface area contributed by atoms with Crippen LogP contribution in [0.2, 0.25) is 0 Å². The predicted molar refractivity (Wildman–Crippen MR) is 205 cm³/mol. The molecule has 0 amide bonds. The van der Waals surface area contributed by atoms with Crippen molar-refractivity contribution in [3.05, 3.63) is 139 Å². The van der Waals surface area contributed by atoms with E-state index in [2.05, 4.69) is 119 Å². The van der Waals surface area contributed by atoms with Gasteiger partial charge in [-0.2, -0.15) is 0 Å². The molecule has 0 bridgehead atoms. The Hall–Kier alpha value is -5.21. The molecule has 0 N–H and O–H groups in total. The van der Waals surface area contributed by atoms with Crippen LogP contribution in [0.5, 0.6) is 0 Å². The van der Waals surface area contributed by atoms with Crippen molar-refractivity contribution < 1.29 is 0 Å². The first-order chi connectivity index (χ1) is 23.8. The first-order valence-corrected chi connectivity index (χ1v) is 18.5. The van der Waals surface area contributed by atoms with E-state index < -0.39 is 0 Å². The van der Waals surface area contributed by atoms with Crippen molar-refractivity contribution in [3.63, 3.8) is 0 Å². The number of rotatable bonds is 5. The molecule has 5 aromatic heterocycles. The fourth-order valence-electron chi connectivity index (χ4n) is 6.76. The Morgan fingerprint density at radius 1 is 0.604 bits per heavy atom. The minimum absolute atomic E-state index is 0.718. The van der Waals surface area contributed by atoms with E-state index in [-0.39, 0.29) is 0 Å². The average Bonchev–Trinajstić information content (AvgIpc) is 3.92. The quantitative estimate of drug-likeness (QED) is 0.183. The second-order valence-electron chi connectivity index (χ2n) is 12.0. The maximum absolute atomic E-state index is 5.03. The monoisotopic (exact) mass is 670 g/mol. The first kappa shape index (κ1) is 27.9. The summed E-state index contributed by atoms with van der Waals surface area (Å²) < 4.78 is 7.65. The van der Waals surface area contributed by atoms with E-state index in [0.717, 1.165) is 46.3 Å². The molecule has 4 aromatic carbocycles. The number of benzene rings is 4. The summed E-state index contributed by atoms with van der Waals surface area (Å²) in [6.45, 7) is 0. The molecule has 0 saturated heterocycles. The summed E-state index contributed by atoms with van der Waals surface area (Å²) in [5, 5.41) is 4.87. The Labute approximate surface area is 288 Å². The summed E-state index contributed by atoms with van der Waals surface area (Å²) in [5.41, 5.74) is 8.34. The van der Waals surface area contributed by atoms with Gasteiger partial charge >= 0.3 is 0 Å². The number of para-hydroxylation sites is 2. The van der Waals surface area contributed by atoms with Crippen molar-refractivity contribution in [1.82, 2.24) is 19.5 Å². The van der Waals surface area contributed by atoms with Crippen molar-refractivity contribution >= 4 is 80.2 Å². The molecule has 10 rings (SSSR count). The average molecular weight is 671 g/mol. The molecule has 9 aromatic rings. The minimum atomic E-state index is 0.718. The molecule has 5 heterocycles. The van der Waals surface area contributed by atoms with Crippen LogP contribution in [0.1, 0.15) is 18.7 Å². The SMILES string of the molecule is C1=CCCC(c2nc(-c3ccccc3)nc(-c3cc4sc5c(-c6ccc7c(c6)c6ccccc6n7-c6ccccc6)csc5c4s3)n2)=C1. The van der Waals surface area contributed by atoms with Gasteiger partial charge in [0.1, 0.15) is 0 Å². The third-order valence-corrected chi connectivity index (χ3v) is 12.8. The third kappa shape index (κ3) is 4.50. The van der Waals surface area contributed by atoms with Gasteiger partial charge in [-0.25, -0.2) is 15.0 Å². The van der Waals surface area contributed by atoms with E-state index >= 15 is 0 Å². The Morgan fingerprint density at radius 2 is 1.38 bits per heavy atom. The Bertz CT molecular complexity index is 2730. The van der Waals surface area contributed by atoms with Gasteiger partial charge in [0.2, 0.25) is 0 Å². The number of hydrogen-bond donors (Lipinski definition) is 0. The lowest BCUT2D eigenvalue weighted by Gasteiger charge is -2.10. The summed E-state index contributed by atoms with van der Waals surface area (Å²) in [5.74, 6) is 2.23. The predicted octanol–water partition coefficient (Wildman–Crippen LogP) is 12.2. The zero-order chi connectivity index (χ0) is 31.6. The van der Waals surface area contributed by atoms with Crippen LogP contribution < -0.4 is 0 Å². The van der Waals surface area contributed by atoms with Crippen LogP contribution in [0.15, 0.2) is 133 Å². The van der Waals surface area contributed by atoms with Gasteiger partial charge in [-0.15, -0.1) is 34.0 Å². The van der Waals surface area contributed by atoms with E-state index in [1.165, 1.54) is 57.4 Å². The van der Waals surface area contributed by atoms with Gasteiger partial charge in [-0.05, 0) is 60.4 Å². The molecule has 0 radical (unpaired) electrons. The second kappa shape index (κ2) is 11.2. The van der Waals surface area contributed by atoms with E-state index in [4.69, 9.17) is 15.0 Å². The molecule has 0 spiro atoms. The van der Waals surface area contributed by atoms with Crippen LogP contribution in [-0.2, 0) is 0 Å². The summed E-state index contributed by atoms with van der Waals surface area (Å²) >= 11 is 5.50. The molecule has 4 nitrogen and oxygen atoms in total. The molecule has 0 atom stereocenters.